The van der Waals surface area contributed by atoms with Crippen molar-refractivity contribution >= 4 is 6.29 Å². The highest BCUT2D eigenvalue weighted by atomic mass is 16.3. The van der Waals surface area contributed by atoms with Crippen LogP contribution in [0.4, 0.5) is 0 Å². The van der Waals surface area contributed by atoms with E-state index in [1.54, 1.807) is 10.9 Å². The average Bonchev–Trinajstić information content (AvgIpc) is 2.67. The molecule has 4 nitrogen and oxygen atoms in total. The Bertz CT molecular complexity index is 322. The van der Waals surface area contributed by atoms with Crippen molar-refractivity contribution in [3.63, 3.8) is 0 Å². The summed E-state index contributed by atoms with van der Waals surface area (Å²) in [5.74, 6) is 0. The number of nitrogens with zero attached hydrogens (tertiary/aromatic N) is 2. The van der Waals surface area contributed by atoms with Crippen LogP contribution >= 0.6 is 0 Å². The second kappa shape index (κ2) is 3.92. The normalized spacial score (nSPS) is 27.5. The Kier molecular flexibility index (Phi) is 2.63. The van der Waals surface area contributed by atoms with Crippen molar-refractivity contribution in [1.29, 1.82) is 0 Å². The summed E-state index contributed by atoms with van der Waals surface area (Å²) < 4.78 is 1.72. The van der Waals surface area contributed by atoms with Crippen molar-refractivity contribution in [3.05, 3.63) is 18.0 Å². The summed E-state index contributed by atoms with van der Waals surface area (Å²) in [6.07, 6.45) is 7.68. The van der Waals surface area contributed by atoms with Gasteiger partial charge in [0.15, 0.2) is 6.29 Å². The second-order valence-corrected chi connectivity index (χ2v) is 3.79. The predicted octanol–water partition coefficient (Wildman–Crippen LogP) is 1.17. The Balaban J connectivity index is 2.16. The summed E-state index contributed by atoms with van der Waals surface area (Å²) in [5, 5.41) is 13.8. The van der Waals surface area contributed by atoms with Crippen molar-refractivity contribution in [2.45, 2.75) is 37.8 Å². The van der Waals surface area contributed by atoms with Crippen molar-refractivity contribution in [3.8, 4) is 0 Å². The Labute approximate surface area is 82.5 Å². The maximum Gasteiger partial charge on any atom is 0.153 e. The third-order valence-corrected chi connectivity index (χ3v) is 2.79. The van der Waals surface area contributed by atoms with Gasteiger partial charge in [-0.25, -0.2) is 0 Å². The molecule has 1 aromatic rings. The molecule has 76 valence electrons. The van der Waals surface area contributed by atoms with Crippen LogP contribution in [0.15, 0.2) is 12.4 Å². The molecule has 2 rings (SSSR count). The number of hydrogen-bond donors (Lipinski definition) is 1. The monoisotopic (exact) mass is 194 g/mol. The molecular formula is C10H14N2O2. The zero-order valence-electron chi connectivity index (χ0n) is 7.97. The first-order valence-corrected chi connectivity index (χ1v) is 4.98. The molecule has 0 aliphatic heterocycles. The van der Waals surface area contributed by atoms with Crippen LogP contribution in [0.1, 0.15) is 42.1 Å². The van der Waals surface area contributed by atoms with E-state index in [-0.39, 0.29) is 12.1 Å². The maximum atomic E-state index is 10.5. The fourth-order valence-electron chi connectivity index (χ4n) is 2.00. The van der Waals surface area contributed by atoms with Crippen LogP contribution in [0.5, 0.6) is 0 Å². The van der Waals surface area contributed by atoms with Gasteiger partial charge in [0.05, 0.1) is 23.9 Å². The summed E-state index contributed by atoms with van der Waals surface area (Å²) in [6.45, 7) is 0. The minimum atomic E-state index is -0.317. The standard InChI is InChI=1S/C10H14N2O2/c13-7-8-5-11-12(6-8)9-3-1-2-4-10(9)14/h5-7,9-10,14H,1-4H2. The zero-order valence-corrected chi connectivity index (χ0v) is 7.97. The smallest absolute Gasteiger partial charge is 0.153 e. The summed E-state index contributed by atoms with van der Waals surface area (Å²) in [7, 11) is 0. The number of carbonyl (C=O) groups is 1. The van der Waals surface area contributed by atoms with E-state index < -0.39 is 0 Å². The van der Waals surface area contributed by atoms with Crippen molar-refractivity contribution in [2.75, 3.05) is 0 Å². The highest BCUT2D eigenvalue weighted by Gasteiger charge is 2.24. The molecule has 0 saturated heterocycles. The first-order chi connectivity index (χ1) is 6.81. The van der Waals surface area contributed by atoms with Crippen molar-refractivity contribution in [2.24, 2.45) is 0 Å². The van der Waals surface area contributed by atoms with Gasteiger partial charge in [-0.1, -0.05) is 12.8 Å². The Morgan fingerprint density at radius 2 is 2.29 bits per heavy atom. The van der Waals surface area contributed by atoms with E-state index in [9.17, 15) is 9.90 Å². The van der Waals surface area contributed by atoms with E-state index in [0.29, 0.717) is 5.56 Å². The van der Waals surface area contributed by atoms with Gasteiger partial charge < -0.3 is 5.11 Å². The first kappa shape index (κ1) is 9.40. The molecule has 4 heteroatoms. The predicted molar refractivity (Wildman–Crippen MR) is 51.1 cm³/mol. The Morgan fingerprint density at radius 1 is 1.50 bits per heavy atom. The highest BCUT2D eigenvalue weighted by molar-refractivity contribution is 5.73. The van der Waals surface area contributed by atoms with E-state index in [0.717, 1.165) is 32.0 Å². The molecule has 14 heavy (non-hydrogen) atoms. The van der Waals surface area contributed by atoms with Crippen LogP contribution in [0, 0.1) is 0 Å². The molecule has 2 unspecified atom stereocenters. The largest absolute Gasteiger partial charge is 0.391 e. The molecule has 1 aliphatic carbocycles. The van der Waals surface area contributed by atoms with Crippen LogP contribution < -0.4 is 0 Å². The number of carbonyl (C=O) groups excluding carboxylic acids is 1. The van der Waals surface area contributed by atoms with Crippen LogP contribution in [0.25, 0.3) is 0 Å². The minimum absolute atomic E-state index is 0.0532. The average molecular weight is 194 g/mol. The molecule has 0 aromatic carbocycles. The zero-order chi connectivity index (χ0) is 9.97. The number of aldehydes is 1. The molecular weight excluding hydrogens is 180 g/mol. The van der Waals surface area contributed by atoms with E-state index in [1.165, 1.54) is 6.20 Å². The minimum Gasteiger partial charge on any atom is -0.391 e. The summed E-state index contributed by atoms with van der Waals surface area (Å²) >= 11 is 0. The van der Waals surface area contributed by atoms with Gasteiger partial charge in [0, 0.05) is 6.20 Å². The maximum absolute atomic E-state index is 10.5. The number of aliphatic hydroxyl groups is 1. The molecule has 1 saturated carbocycles. The molecule has 1 N–H and O–H groups in total. The van der Waals surface area contributed by atoms with E-state index in [4.69, 9.17) is 0 Å². The van der Waals surface area contributed by atoms with E-state index in [2.05, 4.69) is 5.10 Å². The molecule has 2 atom stereocenters. The lowest BCUT2D eigenvalue weighted by atomic mass is 9.93. The fourth-order valence-corrected chi connectivity index (χ4v) is 2.00. The summed E-state index contributed by atoms with van der Waals surface area (Å²) in [4.78, 5) is 10.5. The molecule has 1 aliphatic rings. The van der Waals surface area contributed by atoms with Gasteiger partial charge >= 0.3 is 0 Å². The van der Waals surface area contributed by atoms with Gasteiger partial charge in [0.1, 0.15) is 0 Å². The van der Waals surface area contributed by atoms with E-state index >= 15 is 0 Å². The number of aliphatic hydroxyl groups excluding tert-OH is 1. The van der Waals surface area contributed by atoms with Crippen LogP contribution in [0.3, 0.4) is 0 Å². The van der Waals surface area contributed by atoms with Gasteiger partial charge in [0.2, 0.25) is 0 Å². The summed E-state index contributed by atoms with van der Waals surface area (Å²) in [5.41, 5.74) is 0.572. The second-order valence-electron chi connectivity index (χ2n) is 3.79. The van der Waals surface area contributed by atoms with Crippen LogP contribution in [0.2, 0.25) is 0 Å². The quantitative estimate of drug-likeness (QED) is 0.719. The molecule has 0 bridgehead atoms. The summed E-state index contributed by atoms with van der Waals surface area (Å²) in [6, 6.07) is 0.0532. The molecule has 1 aromatic heterocycles. The lowest BCUT2D eigenvalue weighted by Crippen LogP contribution is -2.27. The molecule has 0 radical (unpaired) electrons. The molecule has 1 heterocycles. The number of rotatable bonds is 2. The van der Waals surface area contributed by atoms with Gasteiger partial charge in [-0.2, -0.15) is 5.10 Å². The van der Waals surface area contributed by atoms with Gasteiger partial charge in [-0.3, -0.25) is 9.48 Å². The molecule has 0 spiro atoms. The van der Waals surface area contributed by atoms with E-state index in [1.807, 2.05) is 0 Å². The number of hydrogen-bond acceptors (Lipinski definition) is 3. The van der Waals surface area contributed by atoms with Crippen molar-refractivity contribution < 1.29 is 9.90 Å². The lowest BCUT2D eigenvalue weighted by Gasteiger charge is -2.27. The first-order valence-electron chi connectivity index (χ1n) is 4.98. The Hall–Kier alpha value is -1.16. The van der Waals surface area contributed by atoms with Crippen LogP contribution in [-0.4, -0.2) is 27.3 Å². The number of aromatic nitrogens is 2. The SMILES string of the molecule is O=Cc1cnn(C2CCCCC2O)c1. The van der Waals surface area contributed by atoms with Crippen LogP contribution in [-0.2, 0) is 0 Å². The topological polar surface area (TPSA) is 55.1 Å². The third kappa shape index (κ3) is 1.70. The highest BCUT2D eigenvalue weighted by Crippen LogP contribution is 2.27. The Morgan fingerprint density at radius 3 is 2.93 bits per heavy atom. The van der Waals surface area contributed by atoms with Gasteiger partial charge in [-0.05, 0) is 12.8 Å². The van der Waals surface area contributed by atoms with Gasteiger partial charge in [0.25, 0.3) is 0 Å². The van der Waals surface area contributed by atoms with Crippen molar-refractivity contribution in [1.82, 2.24) is 9.78 Å². The fraction of sp³-hybridized carbons (Fsp3) is 0.600. The molecule has 0 amide bonds. The van der Waals surface area contributed by atoms with Gasteiger partial charge in [-0.15, -0.1) is 0 Å². The third-order valence-electron chi connectivity index (χ3n) is 2.79. The lowest BCUT2D eigenvalue weighted by molar-refractivity contribution is 0.0694. The molecule has 1 fully saturated rings.